The highest BCUT2D eigenvalue weighted by Crippen LogP contribution is 2.14. The van der Waals surface area contributed by atoms with Crippen LogP contribution in [-0.2, 0) is 0 Å². The maximum Gasteiger partial charge on any atom is 0.254 e. The van der Waals surface area contributed by atoms with Crippen LogP contribution in [0, 0.1) is 0 Å². The molecule has 1 N–H and O–H groups in total. The molecule has 3 rings (SSSR count). The molecule has 1 amide bonds. The number of carbonyl (C=O) groups excluding carboxylic acids is 1. The molecule has 0 aliphatic carbocycles. The molecule has 0 spiro atoms. The lowest BCUT2D eigenvalue weighted by Gasteiger charge is -2.36. The van der Waals surface area contributed by atoms with Crippen LogP contribution in [0.15, 0.2) is 36.9 Å². The maximum atomic E-state index is 12.7. The zero-order valence-corrected chi connectivity index (χ0v) is 12.2. The van der Waals surface area contributed by atoms with Gasteiger partial charge in [-0.05, 0) is 32.0 Å². The van der Waals surface area contributed by atoms with Gasteiger partial charge in [0.1, 0.15) is 12.7 Å². The quantitative estimate of drug-likeness (QED) is 0.897. The summed E-state index contributed by atoms with van der Waals surface area (Å²) in [5.41, 5.74) is 1.53. The SMILES string of the molecule is C[C@@H]1CN(C(=O)c2cccc(-n3cncn3)c2)C[C@H](C)N1. The number of piperazine rings is 1. The van der Waals surface area contributed by atoms with E-state index in [4.69, 9.17) is 0 Å². The van der Waals surface area contributed by atoms with E-state index < -0.39 is 0 Å². The molecule has 110 valence electrons. The summed E-state index contributed by atoms with van der Waals surface area (Å²) in [5.74, 6) is 0.0668. The van der Waals surface area contributed by atoms with Gasteiger partial charge in [0.25, 0.3) is 5.91 Å². The summed E-state index contributed by atoms with van der Waals surface area (Å²) in [6.07, 6.45) is 3.10. The first-order valence-corrected chi connectivity index (χ1v) is 7.14. The first-order valence-electron chi connectivity index (χ1n) is 7.14. The van der Waals surface area contributed by atoms with E-state index >= 15 is 0 Å². The normalized spacial score (nSPS) is 22.3. The van der Waals surface area contributed by atoms with E-state index in [2.05, 4.69) is 29.2 Å². The lowest BCUT2D eigenvalue weighted by Crippen LogP contribution is -2.55. The summed E-state index contributed by atoms with van der Waals surface area (Å²) in [4.78, 5) is 18.5. The van der Waals surface area contributed by atoms with E-state index in [0.29, 0.717) is 17.6 Å². The first-order chi connectivity index (χ1) is 10.1. The molecule has 6 heteroatoms. The standard InChI is InChI=1S/C15H19N5O/c1-11-7-19(8-12(2)18-11)15(21)13-4-3-5-14(6-13)20-10-16-9-17-20/h3-6,9-12,18H,7-8H2,1-2H3/t11-,12+. The van der Waals surface area contributed by atoms with Gasteiger partial charge in [-0.2, -0.15) is 5.10 Å². The van der Waals surface area contributed by atoms with Crippen LogP contribution in [0.2, 0.25) is 0 Å². The summed E-state index contributed by atoms with van der Waals surface area (Å²) < 4.78 is 1.65. The summed E-state index contributed by atoms with van der Waals surface area (Å²) in [7, 11) is 0. The van der Waals surface area contributed by atoms with Gasteiger partial charge < -0.3 is 10.2 Å². The molecule has 6 nitrogen and oxygen atoms in total. The average molecular weight is 285 g/mol. The second-order valence-electron chi connectivity index (χ2n) is 5.57. The number of carbonyl (C=O) groups is 1. The molecule has 0 radical (unpaired) electrons. The van der Waals surface area contributed by atoms with Crippen LogP contribution in [0.5, 0.6) is 0 Å². The van der Waals surface area contributed by atoms with Gasteiger partial charge in [-0.25, -0.2) is 9.67 Å². The van der Waals surface area contributed by atoms with E-state index in [-0.39, 0.29) is 5.91 Å². The molecule has 0 unspecified atom stereocenters. The largest absolute Gasteiger partial charge is 0.336 e. The number of hydrogen-bond acceptors (Lipinski definition) is 4. The number of nitrogens with zero attached hydrogens (tertiary/aromatic N) is 4. The van der Waals surface area contributed by atoms with E-state index in [0.717, 1.165) is 18.8 Å². The third kappa shape index (κ3) is 2.95. The molecule has 0 bridgehead atoms. The van der Waals surface area contributed by atoms with Gasteiger partial charge in [-0.3, -0.25) is 4.79 Å². The number of rotatable bonds is 2. The van der Waals surface area contributed by atoms with Crippen molar-refractivity contribution in [2.45, 2.75) is 25.9 Å². The van der Waals surface area contributed by atoms with Crippen molar-refractivity contribution in [3.8, 4) is 5.69 Å². The van der Waals surface area contributed by atoms with Crippen LogP contribution >= 0.6 is 0 Å². The van der Waals surface area contributed by atoms with Gasteiger partial charge in [0.15, 0.2) is 0 Å². The molecule has 1 aliphatic heterocycles. The molecule has 1 fully saturated rings. The fourth-order valence-corrected chi connectivity index (χ4v) is 2.80. The molecule has 1 aliphatic rings. The number of benzene rings is 1. The third-order valence-corrected chi connectivity index (χ3v) is 3.62. The second-order valence-corrected chi connectivity index (χ2v) is 5.57. The summed E-state index contributed by atoms with van der Waals surface area (Å²) in [6.45, 7) is 5.66. The highest BCUT2D eigenvalue weighted by Gasteiger charge is 2.25. The minimum absolute atomic E-state index is 0.0668. The lowest BCUT2D eigenvalue weighted by molar-refractivity contribution is 0.0674. The highest BCUT2D eigenvalue weighted by atomic mass is 16.2. The molecule has 1 aromatic heterocycles. The Morgan fingerprint density at radius 1 is 1.29 bits per heavy atom. The Balaban J connectivity index is 1.83. The maximum absolute atomic E-state index is 12.7. The number of hydrogen-bond donors (Lipinski definition) is 1. The second kappa shape index (κ2) is 5.65. The van der Waals surface area contributed by atoms with Crippen molar-refractivity contribution in [3.63, 3.8) is 0 Å². The Bertz CT molecular complexity index is 615. The van der Waals surface area contributed by atoms with Crippen LogP contribution in [0.25, 0.3) is 5.69 Å². The van der Waals surface area contributed by atoms with Gasteiger partial charge in [-0.15, -0.1) is 0 Å². The van der Waals surface area contributed by atoms with E-state index in [9.17, 15) is 4.79 Å². The van der Waals surface area contributed by atoms with Gasteiger partial charge in [0.2, 0.25) is 0 Å². The van der Waals surface area contributed by atoms with Gasteiger partial charge in [0, 0.05) is 30.7 Å². The molecule has 2 aromatic rings. The van der Waals surface area contributed by atoms with Crippen molar-refractivity contribution in [1.29, 1.82) is 0 Å². The minimum atomic E-state index is 0.0668. The van der Waals surface area contributed by atoms with Crippen LogP contribution < -0.4 is 5.32 Å². The Morgan fingerprint density at radius 2 is 2.05 bits per heavy atom. The molecule has 2 heterocycles. The van der Waals surface area contributed by atoms with Crippen molar-refractivity contribution < 1.29 is 4.79 Å². The number of nitrogens with one attached hydrogen (secondary N) is 1. The monoisotopic (exact) mass is 285 g/mol. The molecular weight excluding hydrogens is 266 g/mol. The summed E-state index contributed by atoms with van der Waals surface area (Å²) >= 11 is 0. The van der Waals surface area contributed by atoms with Crippen molar-refractivity contribution in [2.24, 2.45) is 0 Å². The lowest BCUT2D eigenvalue weighted by atomic mass is 10.1. The van der Waals surface area contributed by atoms with E-state index in [1.165, 1.54) is 6.33 Å². The summed E-state index contributed by atoms with van der Waals surface area (Å²) in [6, 6.07) is 8.12. The third-order valence-electron chi connectivity index (χ3n) is 3.62. The highest BCUT2D eigenvalue weighted by molar-refractivity contribution is 5.94. The molecule has 21 heavy (non-hydrogen) atoms. The van der Waals surface area contributed by atoms with E-state index in [1.54, 1.807) is 11.0 Å². The zero-order chi connectivity index (χ0) is 14.8. The van der Waals surface area contributed by atoms with Gasteiger partial charge >= 0.3 is 0 Å². The van der Waals surface area contributed by atoms with E-state index in [1.807, 2.05) is 29.2 Å². The fraction of sp³-hybridized carbons (Fsp3) is 0.400. The average Bonchev–Trinajstić information content (AvgIpc) is 3.00. The smallest absolute Gasteiger partial charge is 0.254 e. The number of amides is 1. The Hall–Kier alpha value is -2.21. The Labute approximate surface area is 123 Å². The zero-order valence-electron chi connectivity index (χ0n) is 12.2. The molecule has 0 saturated carbocycles. The van der Waals surface area contributed by atoms with Crippen molar-refractivity contribution in [1.82, 2.24) is 25.0 Å². The van der Waals surface area contributed by atoms with Crippen molar-refractivity contribution in [2.75, 3.05) is 13.1 Å². The Morgan fingerprint density at radius 3 is 2.71 bits per heavy atom. The van der Waals surface area contributed by atoms with Crippen molar-refractivity contribution in [3.05, 3.63) is 42.5 Å². The molecule has 1 aromatic carbocycles. The first kappa shape index (κ1) is 13.8. The van der Waals surface area contributed by atoms with Crippen molar-refractivity contribution >= 4 is 5.91 Å². The van der Waals surface area contributed by atoms with Crippen LogP contribution in [0.4, 0.5) is 0 Å². The topological polar surface area (TPSA) is 63.1 Å². The predicted molar refractivity (Wildman–Crippen MR) is 79.3 cm³/mol. The number of aromatic nitrogens is 3. The predicted octanol–water partition coefficient (Wildman–Crippen LogP) is 1.09. The molecule has 2 atom stereocenters. The Kier molecular flexibility index (Phi) is 3.70. The molecular formula is C15H19N5O. The van der Waals surface area contributed by atoms with Crippen LogP contribution in [0.1, 0.15) is 24.2 Å². The van der Waals surface area contributed by atoms with Crippen LogP contribution in [-0.4, -0.2) is 50.7 Å². The van der Waals surface area contributed by atoms with Gasteiger partial charge in [0.05, 0.1) is 5.69 Å². The fourth-order valence-electron chi connectivity index (χ4n) is 2.80. The van der Waals surface area contributed by atoms with Crippen LogP contribution in [0.3, 0.4) is 0 Å². The summed E-state index contributed by atoms with van der Waals surface area (Å²) in [5, 5.41) is 7.53. The van der Waals surface area contributed by atoms with Gasteiger partial charge in [-0.1, -0.05) is 6.07 Å². The molecule has 1 saturated heterocycles. The minimum Gasteiger partial charge on any atom is -0.336 e.